The first-order chi connectivity index (χ1) is 15.3. The molecule has 0 radical (unpaired) electrons. The number of carbonyl (C=O) groups is 2. The molecule has 7 heteroatoms. The number of benzene rings is 2. The number of hydrogen-bond acceptors (Lipinski definition) is 5. The van der Waals surface area contributed by atoms with Crippen molar-refractivity contribution in [2.24, 2.45) is 0 Å². The van der Waals surface area contributed by atoms with Gasteiger partial charge in [-0.05, 0) is 57.9 Å². The van der Waals surface area contributed by atoms with E-state index < -0.39 is 6.09 Å². The van der Waals surface area contributed by atoms with E-state index in [1.165, 1.54) is 0 Å². The number of methoxy groups -OCH3 is 2. The van der Waals surface area contributed by atoms with Crippen LogP contribution in [0.2, 0.25) is 0 Å². The summed E-state index contributed by atoms with van der Waals surface area (Å²) in [5, 5.41) is 3.07. The number of amides is 2. The van der Waals surface area contributed by atoms with Crippen LogP contribution in [0.1, 0.15) is 53.2 Å². The molecule has 2 aromatic carbocycles. The second-order valence-corrected chi connectivity index (χ2v) is 8.20. The summed E-state index contributed by atoms with van der Waals surface area (Å²) in [6, 6.07) is 9.40. The van der Waals surface area contributed by atoms with Gasteiger partial charge in [0.25, 0.3) is 5.91 Å². The molecule has 0 aliphatic carbocycles. The number of anilines is 1. The van der Waals surface area contributed by atoms with Gasteiger partial charge in [-0.2, -0.15) is 0 Å². The Morgan fingerprint density at radius 1 is 1.03 bits per heavy atom. The summed E-state index contributed by atoms with van der Waals surface area (Å²) in [6.07, 6.45) is 0.278. The molecular weight excluding hydrogens is 408 g/mol. The van der Waals surface area contributed by atoms with Crippen molar-refractivity contribution >= 4 is 17.7 Å². The molecule has 2 atom stereocenters. The summed E-state index contributed by atoms with van der Waals surface area (Å²) < 4.78 is 16.3. The molecule has 1 aliphatic heterocycles. The maximum Gasteiger partial charge on any atom is 0.414 e. The Bertz CT molecular complexity index is 984. The van der Waals surface area contributed by atoms with E-state index in [0.717, 1.165) is 16.7 Å². The van der Waals surface area contributed by atoms with Crippen molar-refractivity contribution in [1.82, 2.24) is 5.32 Å². The first-order valence-electron chi connectivity index (χ1n) is 10.9. The lowest BCUT2D eigenvalue weighted by molar-refractivity contribution is 0.0949. The summed E-state index contributed by atoms with van der Waals surface area (Å²) in [6.45, 7) is 8.46. The molecule has 7 nitrogen and oxygen atoms in total. The molecule has 0 fully saturated rings. The van der Waals surface area contributed by atoms with Crippen molar-refractivity contribution in [3.8, 4) is 11.5 Å². The number of rotatable bonds is 6. The van der Waals surface area contributed by atoms with Crippen LogP contribution in [0.5, 0.6) is 11.5 Å². The van der Waals surface area contributed by atoms with Crippen LogP contribution in [-0.2, 0) is 4.74 Å². The lowest BCUT2D eigenvalue weighted by atomic mass is 9.85. The van der Waals surface area contributed by atoms with E-state index in [0.29, 0.717) is 42.3 Å². The third-order valence-electron chi connectivity index (χ3n) is 5.76. The maximum atomic E-state index is 12.8. The van der Waals surface area contributed by atoms with Crippen LogP contribution >= 0.6 is 0 Å². The maximum absolute atomic E-state index is 12.8. The van der Waals surface area contributed by atoms with Crippen LogP contribution in [0.15, 0.2) is 30.3 Å². The molecule has 0 saturated carbocycles. The van der Waals surface area contributed by atoms with Gasteiger partial charge in [-0.3, -0.25) is 9.69 Å². The number of fused-ring (bicyclic) bond motifs is 1. The SMILES string of the molecule is CCOC(=O)N1c2cc(OC)c(OC)cc2C(CNC(=O)c2cc(C)cc(C)c2)CC1C. The predicted molar refractivity (Wildman–Crippen MR) is 124 cm³/mol. The Morgan fingerprint density at radius 2 is 1.66 bits per heavy atom. The molecule has 0 aromatic heterocycles. The first kappa shape index (κ1) is 23.4. The van der Waals surface area contributed by atoms with Crippen molar-refractivity contribution < 1.29 is 23.8 Å². The van der Waals surface area contributed by atoms with E-state index in [1.807, 2.05) is 45.0 Å². The molecule has 2 unspecified atom stereocenters. The zero-order valence-electron chi connectivity index (χ0n) is 19.7. The summed E-state index contributed by atoms with van der Waals surface area (Å²) in [5.74, 6) is 1.00. The monoisotopic (exact) mass is 440 g/mol. The molecule has 1 aliphatic rings. The van der Waals surface area contributed by atoms with Gasteiger partial charge in [-0.15, -0.1) is 0 Å². The Labute approximate surface area is 189 Å². The zero-order valence-corrected chi connectivity index (χ0v) is 19.7. The second-order valence-electron chi connectivity index (χ2n) is 8.20. The normalized spacial score (nSPS) is 17.4. The molecule has 172 valence electrons. The Morgan fingerprint density at radius 3 is 2.25 bits per heavy atom. The van der Waals surface area contributed by atoms with Crippen molar-refractivity contribution in [1.29, 1.82) is 0 Å². The molecule has 32 heavy (non-hydrogen) atoms. The second kappa shape index (κ2) is 9.94. The molecule has 1 heterocycles. The van der Waals surface area contributed by atoms with Gasteiger partial charge in [0.1, 0.15) is 0 Å². The highest BCUT2D eigenvalue weighted by atomic mass is 16.6. The van der Waals surface area contributed by atoms with Crippen LogP contribution in [0.4, 0.5) is 10.5 Å². The fourth-order valence-electron chi connectivity index (χ4n) is 4.39. The molecular formula is C25H32N2O5. The van der Waals surface area contributed by atoms with E-state index in [4.69, 9.17) is 14.2 Å². The minimum atomic E-state index is -0.397. The average molecular weight is 441 g/mol. The quantitative estimate of drug-likeness (QED) is 0.711. The van der Waals surface area contributed by atoms with Crippen LogP contribution in [0.25, 0.3) is 0 Å². The van der Waals surface area contributed by atoms with Crippen molar-refractivity contribution in [3.63, 3.8) is 0 Å². The topological polar surface area (TPSA) is 77.1 Å². The molecule has 1 N–H and O–H groups in total. The van der Waals surface area contributed by atoms with Crippen molar-refractivity contribution in [2.75, 3.05) is 32.3 Å². The molecule has 0 spiro atoms. The van der Waals surface area contributed by atoms with E-state index in [1.54, 1.807) is 32.1 Å². The fraction of sp³-hybridized carbons (Fsp3) is 0.440. The lowest BCUT2D eigenvalue weighted by Gasteiger charge is -2.39. The van der Waals surface area contributed by atoms with Gasteiger partial charge in [0.2, 0.25) is 0 Å². The van der Waals surface area contributed by atoms with Gasteiger partial charge < -0.3 is 19.5 Å². The Balaban J connectivity index is 1.92. The zero-order chi connectivity index (χ0) is 23.4. The number of nitrogens with one attached hydrogen (secondary N) is 1. The molecule has 0 saturated heterocycles. The number of ether oxygens (including phenoxy) is 3. The van der Waals surface area contributed by atoms with Crippen LogP contribution in [-0.4, -0.2) is 45.4 Å². The largest absolute Gasteiger partial charge is 0.493 e. The smallest absolute Gasteiger partial charge is 0.414 e. The molecule has 2 aromatic rings. The van der Waals surface area contributed by atoms with Crippen molar-refractivity contribution in [2.45, 2.75) is 46.1 Å². The molecule has 3 rings (SSSR count). The van der Waals surface area contributed by atoms with E-state index in [-0.39, 0.29) is 17.9 Å². The number of hydrogen-bond donors (Lipinski definition) is 1. The van der Waals surface area contributed by atoms with E-state index >= 15 is 0 Å². The number of aryl methyl sites for hydroxylation is 2. The highest BCUT2D eigenvalue weighted by molar-refractivity contribution is 5.95. The first-order valence-corrected chi connectivity index (χ1v) is 10.9. The Hall–Kier alpha value is -3.22. The van der Waals surface area contributed by atoms with Gasteiger partial charge in [0.15, 0.2) is 11.5 Å². The summed E-state index contributed by atoms with van der Waals surface area (Å²) in [7, 11) is 3.14. The Kier molecular flexibility index (Phi) is 7.28. The van der Waals surface area contributed by atoms with Crippen LogP contribution in [0.3, 0.4) is 0 Å². The summed E-state index contributed by atoms with van der Waals surface area (Å²) >= 11 is 0. The van der Waals surface area contributed by atoms with Gasteiger partial charge in [-0.1, -0.05) is 17.2 Å². The van der Waals surface area contributed by atoms with Gasteiger partial charge in [0, 0.05) is 30.1 Å². The summed E-state index contributed by atoms with van der Waals surface area (Å²) in [5.41, 5.74) is 4.37. The highest BCUT2D eigenvalue weighted by Gasteiger charge is 2.36. The van der Waals surface area contributed by atoms with Crippen molar-refractivity contribution in [3.05, 3.63) is 52.6 Å². The minimum absolute atomic E-state index is 0.000314. The van der Waals surface area contributed by atoms with E-state index in [9.17, 15) is 9.59 Å². The standard InChI is InChI=1S/C25H32N2O5/c1-7-32-25(29)27-17(4)11-19(20-12-22(30-5)23(31-6)13-21(20)27)14-26-24(28)18-9-15(2)8-16(3)10-18/h8-10,12-13,17,19H,7,11,14H2,1-6H3,(H,26,28). The number of nitrogens with zero attached hydrogens (tertiary/aromatic N) is 1. The highest BCUT2D eigenvalue weighted by Crippen LogP contribution is 2.44. The van der Waals surface area contributed by atoms with Gasteiger partial charge in [-0.25, -0.2) is 4.79 Å². The molecule has 2 amide bonds. The lowest BCUT2D eigenvalue weighted by Crippen LogP contribution is -2.45. The van der Waals surface area contributed by atoms with Gasteiger partial charge in [0.05, 0.1) is 26.5 Å². The minimum Gasteiger partial charge on any atom is -0.493 e. The average Bonchev–Trinajstić information content (AvgIpc) is 2.75. The van der Waals surface area contributed by atoms with E-state index in [2.05, 4.69) is 5.32 Å². The molecule has 0 bridgehead atoms. The summed E-state index contributed by atoms with van der Waals surface area (Å²) in [4.78, 5) is 27.2. The number of carbonyl (C=O) groups excluding carboxylic acids is 2. The fourth-order valence-corrected chi connectivity index (χ4v) is 4.39. The predicted octanol–water partition coefficient (Wildman–Crippen LogP) is 4.59. The third kappa shape index (κ3) is 4.82. The van der Waals surface area contributed by atoms with Crippen LogP contribution in [0, 0.1) is 13.8 Å². The third-order valence-corrected chi connectivity index (χ3v) is 5.76. The van der Waals surface area contributed by atoms with Crippen LogP contribution < -0.4 is 19.7 Å². The van der Waals surface area contributed by atoms with Gasteiger partial charge >= 0.3 is 6.09 Å².